The first-order chi connectivity index (χ1) is 13.3. The minimum Gasteiger partial charge on any atom is -0.261 e. The molecule has 4 rings (SSSR count). The van der Waals surface area contributed by atoms with Crippen LogP contribution in [0.1, 0.15) is 11.1 Å². The largest absolute Gasteiger partial charge is 0.263 e. The topological polar surface area (TPSA) is 76.9 Å². The normalized spacial score (nSPS) is 11.7. The highest BCUT2D eigenvalue weighted by atomic mass is 79.9. The van der Waals surface area contributed by atoms with Crippen LogP contribution >= 0.6 is 15.9 Å². The monoisotopic (exact) mass is 456 g/mol. The standard InChI is InChI=1S/C20H17BrN4O2S/c1-13-8-14(2)10-16(9-13)25-20-18(11-15(21)12-22-20)19(23-25)24-28(26,27)17-6-4-3-5-7-17/h3-12H,1-2H3,(H,23,24). The van der Waals surface area contributed by atoms with Crippen LogP contribution in [-0.4, -0.2) is 23.2 Å². The van der Waals surface area contributed by atoms with E-state index in [1.165, 1.54) is 0 Å². The number of sulfonamides is 1. The Labute approximate surface area is 171 Å². The van der Waals surface area contributed by atoms with E-state index in [-0.39, 0.29) is 10.7 Å². The Morgan fingerprint density at radius 2 is 1.68 bits per heavy atom. The SMILES string of the molecule is Cc1cc(C)cc(-n2nc(NS(=O)(=O)c3ccccc3)c3cc(Br)cnc32)c1. The van der Waals surface area contributed by atoms with Gasteiger partial charge in [0.05, 0.1) is 16.0 Å². The van der Waals surface area contributed by atoms with E-state index in [9.17, 15) is 8.42 Å². The van der Waals surface area contributed by atoms with Gasteiger partial charge in [0.2, 0.25) is 0 Å². The third kappa shape index (κ3) is 3.53. The van der Waals surface area contributed by atoms with Crippen molar-refractivity contribution in [3.8, 4) is 5.69 Å². The van der Waals surface area contributed by atoms with Crippen LogP contribution in [0.15, 0.2) is 70.2 Å². The number of aryl methyl sites for hydroxylation is 2. The van der Waals surface area contributed by atoms with Gasteiger partial charge in [-0.1, -0.05) is 24.3 Å². The van der Waals surface area contributed by atoms with Crippen LogP contribution in [0.5, 0.6) is 0 Å². The van der Waals surface area contributed by atoms with Crippen molar-refractivity contribution in [2.75, 3.05) is 4.72 Å². The lowest BCUT2D eigenvalue weighted by Gasteiger charge is -2.06. The Bertz CT molecular complexity index is 1260. The van der Waals surface area contributed by atoms with E-state index in [0.717, 1.165) is 21.3 Å². The summed E-state index contributed by atoms with van der Waals surface area (Å²) in [4.78, 5) is 4.63. The van der Waals surface area contributed by atoms with Gasteiger partial charge in [0.15, 0.2) is 11.5 Å². The number of nitrogens with one attached hydrogen (secondary N) is 1. The van der Waals surface area contributed by atoms with Crippen molar-refractivity contribution in [3.05, 3.63) is 76.4 Å². The first kappa shape index (κ1) is 18.6. The average molecular weight is 457 g/mol. The molecule has 0 radical (unpaired) electrons. The molecular formula is C20H17BrN4O2S. The molecule has 0 aliphatic rings. The second-order valence-corrected chi connectivity index (χ2v) is 9.15. The Morgan fingerprint density at radius 3 is 2.36 bits per heavy atom. The number of nitrogens with zero attached hydrogens (tertiary/aromatic N) is 3. The van der Waals surface area contributed by atoms with E-state index in [1.54, 1.807) is 47.3 Å². The minimum absolute atomic E-state index is 0.173. The van der Waals surface area contributed by atoms with Gasteiger partial charge in [-0.25, -0.2) is 18.1 Å². The van der Waals surface area contributed by atoms with Crippen molar-refractivity contribution in [1.82, 2.24) is 14.8 Å². The fraction of sp³-hybridized carbons (Fsp3) is 0.100. The van der Waals surface area contributed by atoms with E-state index < -0.39 is 10.0 Å². The Morgan fingerprint density at radius 1 is 1.00 bits per heavy atom. The summed E-state index contributed by atoms with van der Waals surface area (Å²) in [6.45, 7) is 4.01. The summed E-state index contributed by atoms with van der Waals surface area (Å²) in [5.74, 6) is 0.229. The van der Waals surface area contributed by atoms with Gasteiger partial charge in [0.1, 0.15) is 0 Å². The number of anilines is 1. The van der Waals surface area contributed by atoms with Crippen LogP contribution in [0, 0.1) is 13.8 Å². The highest BCUT2D eigenvalue weighted by Gasteiger charge is 2.20. The van der Waals surface area contributed by atoms with Crippen molar-refractivity contribution in [2.45, 2.75) is 18.7 Å². The van der Waals surface area contributed by atoms with Crippen LogP contribution in [-0.2, 0) is 10.0 Å². The lowest BCUT2D eigenvalue weighted by molar-refractivity contribution is 0.601. The Hall–Kier alpha value is -2.71. The fourth-order valence-electron chi connectivity index (χ4n) is 3.09. The molecular weight excluding hydrogens is 440 g/mol. The molecule has 0 bridgehead atoms. The van der Waals surface area contributed by atoms with Gasteiger partial charge in [0.25, 0.3) is 10.0 Å². The van der Waals surface area contributed by atoms with Gasteiger partial charge >= 0.3 is 0 Å². The minimum atomic E-state index is -3.77. The molecule has 0 saturated heterocycles. The second-order valence-electron chi connectivity index (χ2n) is 6.55. The molecule has 2 heterocycles. The molecule has 0 fully saturated rings. The first-order valence-corrected chi connectivity index (χ1v) is 10.8. The quantitative estimate of drug-likeness (QED) is 0.486. The molecule has 0 amide bonds. The van der Waals surface area contributed by atoms with Crippen LogP contribution in [0.3, 0.4) is 0 Å². The van der Waals surface area contributed by atoms with Crippen LogP contribution in [0.4, 0.5) is 5.82 Å². The number of hydrogen-bond donors (Lipinski definition) is 1. The number of aromatic nitrogens is 3. The third-order valence-corrected chi connectivity index (χ3v) is 6.01. The third-order valence-electron chi connectivity index (χ3n) is 4.22. The van der Waals surface area contributed by atoms with Crippen LogP contribution < -0.4 is 4.72 Å². The molecule has 0 aliphatic carbocycles. The average Bonchev–Trinajstić information content (AvgIpc) is 2.99. The highest BCUT2D eigenvalue weighted by molar-refractivity contribution is 9.10. The predicted octanol–water partition coefficient (Wildman–Crippen LogP) is 4.60. The molecule has 6 nitrogen and oxygen atoms in total. The van der Waals surface area contributed by atoms with Crippen molar-refractivity contribution in [2.24, 2.45) is 0 Å². The number of rotatable bonds is 4. The van der Waals surface area contributed by atoms with E-state index in [0.29, 0.717) is 11.0 Å². The van der Waals surface area contributed by atoms with Gasteiger partial charge in [-0.15, -0.1) is 5.10 Å². The number of pyridine rings is 1. The zero-order chi connectivity index (χ0) is 19.9. The molecule has 2 aromatic carbocycles. The summed E-state index contributed by atoms with van der Waals surface area (Å²) in [6, 6.07) is 16.0. The molecule has 0 unspecified atom stereocenters. The molecule has 0 aliphatic heterocycles. The molecule has 142 valence electrons. The molecule has 8 heteroatoms. The molecule has 0 saturated carbocycles. The lowest BCUT2D eigenvalue weighted by Crippen LogP contribution is -2.13. The van der Waals surface area contributed by atoms with Crippen molar-refractivity contribution in [3.63, 3.8) is 0 Å². The maximum Gasteiger partial charge on any atom is 0.263 e. The maximum atomic E-state index is 12.8. The molecule has 2 aromatic heterocycles. The zero-order valence-electron chi connectivity index (χ0n) is 15.2. The lowest BCUT2D eigenvalue weighted by atomic mass is 10.1. The summed E-state index contributed by atoms with van der Waals surface area (Å²) in [5, 5.41) is 5.14. The van der Waals surface area contributed by atoms with Gasteiger partial charge in [-0.2, -0.15) is 0 Å². The summed E-state index contributed by atoms with van der Waals surface area (Å²) in [5.41, 5.74) is 3.56. The van der Waals surface area contributed by atoms with E-state index in [1.807, 2.05) is 26.0 Å². The number of fused-ring (bicyclic) bond motifs is 1. The molecule has 4 aromatic rings. The summed E-state index contributed by atoms with van der Waals surface area (Å²) in [6.07, 6.45) is 1.67. The number of benzene rings is 2. The van der Waals surface area contributed by atoms with Crippen LogP contribution in [0.2, 0.25) is 0 Å². The Balaban J connectivity index is 1.89. The second kappa shape index (κ2) is 7.03. The molecule has 0 spiro atoms. The summed E-state index contributed by atoms with van der Waals surface area (Å²) < 4.78 is 30.6. The van der Waals surface area contributed by atoms with Crippen molar-refractivity contribution < 1.29 is 8.42 Å². The van der Waals surface area contributed by atoms with Gasteiger partial charge in [-0.05, 0) is 71.2 Å². The predicted molar refractivity (Wildman–Crippen MR) is 113 cm³/mol. The van der Waals surface area contributed by atoms with E-state index >= 15 is 0 Å². The summed E-state index contributed by atoms with van der Waals surface area (Å²) >= 11 is 3.40. The number of hydrogen-bond acceptors (Lipinski definition) is 4. The first-order valence-electron chi connectivity index (χ1n) is 8.54. The van der Waals surface area contributed by atoms with Crippen molar-refractivity contribution >= 4 is 42.8 Å². The molecule has 1 N–H and O–H groups in total. The zero-order valence-corrected chi connectivity index (χ0v) is 17.6. The van der Waals surface area contributed by atoms with Gasteiger partial charge < -0.3 is 0 Å². The fourth-order valence-corrected chi connectivity index (χ4v) is 4.46. The smallest absolute Gasteiger partial charge is 0.261 e. The van der Waals surface area contributed by atoms with Crippen molar-refractivity contribution in [1.29, 1.82) is 0 Å². The molecule has 0 atom stereocenters. The van der Waals surface area contributed by atoms with E-state index in [2.05, 4.69) is 36.8 Å². The van der Waals surface area contributed by atoms with Gasteiger partial charge in [0, 0.05) is 10.7 Å². The molecule has 28 heavy (non-hydrogen) atoms. The van der Waals surface area contributed by atoms with Crippen LogP contribution in [0.25, 0.3) is 16.7 Å². The van der Waals surface area contributed by atoms with E-state index in [4.69, 9.17) is 0 Å². The Kier molecular flexibility index (Phi) is 4.68. The number of halogens is 1. The highest BCUT2D eigenvalue weighted by Crippen LogP contribution is 2.29. The maximum absolute atomic E-state index is 12.8. The summed E-state index contributed by atoms with van der Waals surface area (Å²) in [7, 11) is -3.77. The van der Waals surface area contributed by atoms with Gasteiger partial charge in [-0.3, -0.25) is 4.72 Å².